The first kappa shape index (κ1) is 18.3. The molecule has 1 saturated heterocycles. The van der Waals surface area contributed by atoms with Crippen LogP contribution in [-0.4, -0.2) is 35.7 Å². The molecule has 1 N–H and O–H groups in total. The summed E-state index contributed by atoms with van der Waals surface area (Å²) in [4.78, 5) is 15.7. The number of carbonyl (C=O) groups excluding carboxylic acids is 1. The molecule has 0 radical (unpaired) electrons. The zero-order chi connectivity index (χ0) is 17.5. The van der Waals surface area contributed by atoms with E-state index in [4.69, 9.17) is 11.6 Å². The molecule has 0 unspecified atom stereocenters. The Balaban J connectivity index is 1.36. The fraction of sp³-hybridized carbons (Fsp3) is 0.350. The number of nitrogens with zero attached hydrogens (tertiary/aromatic N) is 1. The second kappa shape index (κ2) is 9.27. The van der Waals surface area contributed by atoms with Crippen molar-refractivity contribution in [2.75, 3.05) is 18.8 Å². The third-order valence-electron chi connectivity index (χ3n) is 4.39. The number of piperidine rings is 1. The zero-order valence-corrected chi connectivity index (χ0v) is 15.7. The summed E-state index contributed by atoms with van der Waals surface area (Å²) in [6, 6.07) is 18.4. The van der Waals surface area contributed by atoms with Gasteiger partial charge in [0, 0.05) is 35.6 Å². The van der Waals surface area contributed by atoms with Crippen LogP contribution in [0.15, 0.2) is 59.5 Å². The van der Waals surface area contributed by atoms with E-state index in [1.165, 1.54) is 5.56 Å². The number of thioether (sulfide) groups is 1. The van der Waals surface area contributed by atoms with Crippen molar-refractivity contribution in [3.8, 4) is 0 Å². The summed E-state index contributed by atoms with van der Waals surface area (Å²) < 4.78 is 0. The molecule has 1 heterocycles. The van der Waals surface area contributed by atoms with Crippen LogP contribution in [0.5, 0.6) is 0 Å². The van der Waals surface area contributed by atoms with Crippen LogP contribution in [0, 0.1) is 0 Å². The predicted octanol–water partition coefficient (Wildman–Crippen LogP) is 4.21. The van der Waals surface area contributed by atoms with Gasteiger partial charge < -0.3 is 5.32 Å². The first-order valence-corrected chi connectivity index (χ1v) is 9.99. The Morgan fingerprint density at radius 3 is 2.44 bits per heavy atom. The Morgan fingerprint density at radius 1 is 1.08 bits per heavy atom. The Bertz CT molecular complexity index is 670. The van der Waals surface area contributed by atoms with E-state index in [0.717, 1.165) is 42.4 Å². The average Bonchev–Trinajstić information content (AvgIpc) is 2.64. The summed E-state index contributed by atoms with van der Waals surface area (Å²) in [5, 5.41) is 3.89. The molecule has 2 aromatic rings. The number of rotatable bonds is 6. The molecule has 3 rings (SSSR count). The highest BCUT2D eigenvalue weighted by Crippen LogP contribution is 2.20. The SMILES string of the molecule is O=C(CSc1ccc(Cl)cc1)NC1CCN(Cc2ccccc2)CC1. The maximum atomic E-state index is 12.2. The topological polar surface area (TPSA) is 32.3 Å². The van der Waals surface area contributed by atoms with Crippen molar-refractivity contribution in [3.05, 3.63) is 65.2 Å². The lowest BCUT2D eigenvalue weighted by molar-refractivity contribution is -0.119. The molecule has 1 amide bonds. The molecule has 1 aliphatic heterocycles. The standard InChI is InChI=1S/C20H23ClN2OS/c21-17-6-8-19(9-7-17)25-15-20(24)22-18-10-12-23(13-11-18)14-16-4-2-1-3-5-16/h1-9,18H,10-15H2,(H,22,24). The number of carbonyl (C=O) groups is 1. The molecule has 0 atom stereocenters. The minimum atomic E-state index is 0.112. The van der Waals surface area contributed by atoms with Crippen LogP contribution in [-0.2, 0) is 11.3 Å². The van der Waals surface area contributed by atoms with E-state index in [2.05, 4.69) is 34.5 Å². The molecular formula is C20H23ClN2OS. The fourth-order valence-corrected chi connectivity index (χ4v) is 3.86. The summed E-state index contributed by atoms with van der Waals surface area (Å²) in [5.41, 5.74) is 1.35. The highest BCUT2D eigenvalue weighted by Gasteiger charge is 2.20. The van der Waals surface area contributed by atoms with E-state index in [9.17, 15) is 4.79 Å². The first-order valence-electron chi connectivity index (χ1n) is 8.63. The lowest BCUT2D eigenvalue weighted by Gasteiger charge is -2.32. The largest absolute Gasteiger partial charge is 0.353 e. The molecule has 0 saturated carbocycles. The summed E-state index contributed by atoms with van der Waals surface area (Å²) in [6.45, 7) is 3.06. The van der Waals surface area contributed by atoms with E-state index in [1.54, 1.807) is 11.8 Å². The number of hydrogen-bond donors (Lipinski definition) is 1. The van der Waals surface area contributed by atoms with Crippen molar-refractivity contribution < 1.29 is 4.79 Å². The number of nitrogens with one attached hydrogen (secondary N) is 1. The Morgan fingerprint density at radius 2 is 1.76 bits per heavy atom. The molecular weight excluding hydrogens is 352 g/mol. The van der Waals surface area contributed by atoms with Crippen molar-refractivity contribution in [2.24, 2.45) is 0 Å². The van der Waals surface area contributed by atoms with Crippen LogP contribution in [0.2, 0.25) is 5.02 Å². The van der Waals surface area contributed by atoms with Gasteiger partial charge in [0.15, 0.2) is 0 Å². The number of amides is 1. The minimum Gasteiger partial charge on any atom is -0.353 e. The fourth-order valence-electron chi connectivity index (χ4n) is 3.03. The second-order valence-electron chi connectivity index (χ2n) is 6.35. The van der Waals surface area contributed by atoms with Gasteiger partial charge in [-0.05, 0) is 42.7 Å². The molecule has 0 aromatic heterocycles. The van der Waals surface area contributed by atoms with E-state index in [0.29, 0.717) is 11.8 Å². The van der Waals surface area contributed by atoms with E-state index in [1.807, 2.05) is 30.3 Å². The van der Waals surface area contributed by atoms with Crippen LogP contribution in [0.3, 0.4) is 0 Å². The van der Waals surface area contributed by atoms with Crippen LogP contribution in [0.25, 0.3) is 0 Å². The van der Waals surface area contributed by atoms with Crippen molar-refractivity contribution in [3.63, 3.8) is 0 Å². The third kappa shape index (κ3) is 6.07. The molecule has 1 aliphatic rings. The van der Waals surface area contributed by atoms with Crippen molar-refractivity contribution in [1.82, 2.24) is 10.2 Å². The molecule has 1 fully saturated rings. The van der Waals surface area contributed by atoms with E-state index in [-0.39, 0.29) is 5.91 Å². The number of benzene rings is 2. The molecule has 0 spiro atoms. The summed E-state index contributed by atoms with van der Waals surface area (Å²) in [6.07, 6.45) is 2.04. The number of halogens is 1. The minimum absolute atomic E-state index is 0.112. The molecule has 2 aromatic carbocycles. The summed E-state index contributed by atoms with van der Waals surface area (Å²) in [5.74, 6) is 0.563. The number of hydrogen-bond acceptors (Lipinski definition) is 3. The normalized spacial score (nSPS) is 15.9. The average molecular weight is 375 g/mol. The van der Waals surface area contributed by atoms with Gasteiger partial charge in [0.1, 0.15) is 0 Å². The van der Waals surface area contributed by atoms with Gasteiger partial charge in [0.2, 0.25) is 5.91 Å². The maximum Gasteiger partial charge on any atom is 0.230 e. The first-order chi connectivity index (χ1) is 12.2. The highest BCUT2D eigenvalue weighted by molar-refractivity contribution is 8.00. The Kier molecular flexibility index (Phi) is 6.79. The third-order valence-corrected chi connectivity index (χ3v) is 5.65. The quantitative estimate of drug-likeness (QED) is 0.768. The van der Waals surface area contributed by atoms with Gasteiger partial charge in [-0.2, -0.15) is 0 Å². The van der Waals surface area contributed by atoms with Gasteiger partial charge in [0.05, 0.1) is 5.75 Å². The second-order valence-corrected chi connectivity index (χ2v) is 7.83. The van der Waals surface area contributed by atoms with Crippen molar-refractivity contribution in [2.45, 2.75) is 30.3 Å². The van der Waals surface area contributed by atoms with Gasteiger partial charge in [-0.25, -0.2) is 0 Å². The van der Waals surface area contributed by atoms with Crippen LogP contribution >= 0.6 is 23.4 Å². The van der Waals surface area contributed by atoms with Crippen molar-refractivity contribution in [1.29, 1.82) is 0 Å². The predicted molar refractivity (Wildman–Crippen MR) is 105 cm³/mol. The van der Waals surface area contributed by atoms with E-state index >= 15 is 0 Å². The number of likely N-dealkylation sites (tertiary alicyclic amines) is 1. The van der Waals surface area contributed by atoms with Gasteiger partial charge in [-0.15, -0.1) is 11.8 Å². The highest BCUT2D eigenvalue weighted by atomic mass is 35.5. The monoisotopic (exact) mass is 374 g/mol. The Labute approximate surface area is 158 Å². The van der Waals surface area contributed by atoms with Crippen LogP contribution in [0.4, 0.5) is 0 Å². The summed E-state index contributed by atoms with van der Waals surface area (Å²) in [7, 11) is 0. The molecule has 0 aliphatic carbocycles. The van der Waals surface area contributed by atoms with Crippen LogP contribution < -0.4 is 5.32 Å². The molecule has 25 heavy (non-hydrogen) atoms. The van der Waals surface area contributed by atoms with Gasteiger partial charge in [-0.1, -0.05) is 41.9 Å². The van der Waals surface area contributed by atoms with Crippen molar-refractivity contribution >= 4 is 29.3 Å². The smallest absolute Gasteiger partial charge is 0.230 e. The summed E-state index contributed by atoms with van der Waals surface area (Å²) >= 11 is 7.42. The van der Waals surface area contributed by atoms with E-state index < -0.39 is 0 Å². The maximum absolute atomic E-state index is 12.2. The van der Waals surface area contributed by atoms with Crippen LogP contribution in [0.1, 0.15) is 18.4 Å². The lowest BCUT2D eigenvalue weighted by Crippen LogP contribution is -2.44. The molecule has 132 valence electrons. The van der Waals surface area contributed by atoms with Gasteiger partial charge >= 0.3 is 0 Å². The lowest BCUT2D eigenvalue weighted by atomic mass is 10.0. The Hall–Kier alpha value is -1.49. The van der Waals surface area contributed by atoms with Gasteiger partial charge in [-0.3, -0.25) is 9.69 Å². The molecule has 0 bridgehead atoms. The van der Waals surface area contributed by atoms with Gasteiger partial charge in [0.25, 0.3) is 0 Å². The molecule has 5 heteroatoms. The zero-order valence-electron chi connectivity index (χ0n) is 14.2. The molecule has 3 nitrogen and oxygen atoms in total.